The predicted octanol–water partition coefficient (Wildman–Crippen LogP) is 9.61. The van der Waals surface area contributed by atoms with Crippen LogP contribution in [0.5, 0.6) is 0 Å². The van der Waals surface area contributed by atoms with Gasteiger partial charge in [0.15, 0.2) is 0 Å². The van der Waals surface area contributed by atoms with E-state index < -0.39 is 0 Å². The molecular formula is C37H26N2. The van der Waals surface area contributed by atoms with Crippen LogP contribution in [0, 0.1) is 12.3 Å². The first kappa shape index (κ1) is 22.9. The van der Waals surface area contributed by atoms with E-state index in [2.05, 4.69) is 136 Å². The second-order valence-corrected chi connectivity index (χ2v) is 9.74. The molecular weight excluding hydrogens is 472 g/mol. The highest BCUT2D eigenvalue weighted by atomic mass is 15.0. The summed E-state index contributed by atoms with van der Waals surface area (Å²) in [4.78, 5) is 0. The number of aromatic nitrogens is 2. The van der Waals surface area contributed by atoms with Crippen molar-refractivity contribution in [2.45, 2.75) is 6.92 Å². The molecule has 0 aliphatic rings. The molecule has 0 saturated heterocycles. The summed E-state index contributed by atoms with van der Waals surface area (Å²) in [5, 5.41) is 4.93. The Morgan fingerprint density at radius 3 is 1.85 bits per heavy atom. The molecule has 2 aromatic heterocycles. The Hall–Kier alpha value is -5.26. The van der Waals surface area contributed by atoms with E-state index in [-0.39, 0.29) is 0 Å². The van der Waals surface area contributed by atoms with Gasteiger partial charge in [-0.3, -0.25) is 0 Å². The van der Waals surface area contributed by atoms with Gasteiger partial charge in [-0.25, -0.2) is 0 Å². The highest BCUT2D eigenvalue weighted by Gasteiger charge is 2.15. The molecule has 7 rings (SSSR count). The van der Waals surface area contributed by atoms with Crippen LogP contribution in [-0.4, -0.2) is 9.13 Å². The molecule has 184 valence electrons. The Morgan fingerprint density at radius 2 is 1.15 bits per heavy atom. The lowest BCUT2D eigenvalue weighted by Crippen LogP contribution is -1.94. The van der Waals surface area contributed by atoms with Gasteiger partial charge < -0.3 is 9.13 Å². The van der Waals surface area contributed by atoms with Gasteiger partial charge in [-0.05, 0) is 72.7 Å². The molecule has 2 nitrogen and oxygen atoms in total. The molecule has 0 N–H and O–H groups in total. The van der Waals surface area contributed by atoms with E-state index in [1.807, 2.05) is 19.1 Å². The Bertz CT molecular complexity index is 2130. The van der Waals surface area contributed by atoms with Crippen LogP contribution in [0.25, 0.3) is 66.1 Å². The van der Waals surface area contributed by atoms with Gasteiger partial charge in [-0.2, -0.15) is 0 Å². The number of rotatable bonds is 4. The third-order valence-corrected chi connectivity index (χ3v) is 7.52. The fraction of sp³-hybridized carbons (Fsp3) is 0.0270. The van der Waals surface area contributed by atoms with Crippen LogP contribution in [0.15, 0.2) is 133 Å². The van der Waals surface area contributed by atoms with E-state index in [0.717, 1.165) is 16.7 Å². The predicted molar refractivity (Wildman–Crippen MR) is 167 cm³/mol. The van der Waals surface area contributed by atoms with E-state index in [9.17, 15) is 0 Å². The minimum absolute atomic E-state index is 0.981. The molecule has 0 atom stereocenters. The molecule has 7 aromatic rings. The maximum Gasteiger partial charge on any atom is 0.0542 e. The smallest absolute Gasteiger partial charge is 0.0542 e. The summed E-state index contributed by atoms with van der Waals surface area (Å²) in [5.74, 6) is 2.72. The molecule has 0 radical (unpaired) electrons. The maximum atomic E-state index is 5.70. The Labute approximate surface area is 227 Å². The van der Waals surface area contributed by atoms with Crippen LogP contribution in [-0.2, 0) is 0 Å². The molecule has 2 heteroatoms. The Kier molecular flexibility index (Phi) is 5.43. The average Bonchev–Trinajstić information content (AvgIpc) is 3.50. The summed E-state index contributed by atoms with van der Waals surface area (Å²) in [6, 6.07) is 41.4. The third kappa shape index (κ3) is 3.60. The molecule has 0 unspecified atom stereocenters. The first-order valence-corrected chi connectivity index (χ1v) is 13.2. The summed E-state index contributed by atoms with van der Waals surface area (Å²) < 4.78 is 4.61. The van der Waals surface area contributed by atoms with Crippen LogP contribution in [0.2, 0.25) is 0 Å². The lowest BCUT2D eigenvalue weighted by Gasteiger charge is -2.09. The van der Waals surface area contributed by atoms with Gasteiger partial charge in [0.25, 0.3) is 0 Å². The molecule has 0 fully saturated rings. The number of hydrogen-bond acceptors (Lipinski definition) is 0. The van der Waals surface area contributed by atoms with Crippen molar-refractivity contribution in [1.82, 2.24) is 9.13 Å². The van der Waals surface area contributed by atoms with E-state index in [4.69, 9.17) is 6.42 Å². The minimum atomic E-state index is 0.981. The zero-order valence-corrected chi connectivity index (χ0v) is 21.7. The number of nitrogens with zero attached hydrogens (tertiary/aromatic N) is 2. The van der Waals surface area contributed by atoms with E-state index in [1.165, 1.54) is 49.4 Å². The zero-order chi connectivity index (χ0) is 26.3. The Balaban J connectivity index is 1.46. The highest BCUT2D eigenvalue weighted by Crippen LogP contribution is 2.38. The number of para-hydroxylation sites is 3. The van der Waals surface area contributed by atoms with E-state index >= 15 is 0 Å². The van der Waals surface area contributed by atoms with Crippen LogP contribution >= 0.6 is 0 Å². The fourth-order valence-electron chi connectivity index (χ4n) is 5.88. The third-order valence-electron chi connectivity index (χ3n) is 7.52. The molecule has 0 aliphatic carbocycles. The monoisotopic (exact) mass is 498 g/mol. The van der Waals surface area contributed by atoms with E-state index in [1.54, 1.807) is 0 Å². The van der Waals surface area contributed by atoms with Crippen molar-refractivity contribution < 1.29 is 0 Å². The molecule has 5 aromatic carbocycles. The van der Waals surface area contributed by atoms with Crippen molar-refractivity contribution in [2.24, 2.45) is 0 Å². The molecule has 0 spiro atoms. The van der Waals surface area contributed by atoms with Crippen LogP contribution in [0.3, 0.4) is 0 Å². The van der Waals surface area contributed by atoms with Crippen molar-refractivity contribution in [3.63, 3.8) is 0 Å². The van der Waals surface area contributed by atoms with Crippen LogP contribution in [0.4, 0.5) is 0 Å². The van der Waals surface area contributed by atoms with Crippen LogP contribution in [0.1, 0.15) is 6.92 Å². The van der Waals surface area contributed by atoms with Gasteiger partial charge >= 0.3 is 0 Å². The number of allylic oxidation sites excluding steroid dienone is 4. The lowest BCUT2D eigenvalue weighted by atomic mass is 10.0. The van der Waals surface area contributed by atoms with Gasteiger partial charge in [-0.15, -0.1) is 6.42 Å². The van der Waals surface area contributed by atoms with Crippen molar-refractivity contribution >= 4 is 49.3 Å². The first-order chi connectivity index (χ1) is 19.3. The van der Waals surface area contributed by atoms with Crippen molar-refractivity contribution in [3.8, 4) is 29.2 Å². The van der Waals surface area contributed by atoms with E-state index in [0.29, 0.717) is 0 Å². The summed E-state index contributed by atoms with van der Waals surface area (Å²) in [6.45, 7) is 2.02. The second-order valence-electron chi connectivity index (χ2n) is 9.74. The van der Waals surface area contributed by atoms with Gasteiger partial charge in [0.1, 0.15) is 0 Å². The van der Waals surface area contributed by atoms with Gasteiger partial charge in [0.05, 0.1) is 27.8 Å². The SMILES string of the molecule is C#C/C=C(\C=C/C)n1c2ccccc2c2cc(-c3ccc4c(c3)c3ccccc3n4-c3ccccc3)ccc21. The zero-order valence-electron chi connectivity index (χ0n) is 21.7. The maximum absolute atomic E-state index is 5.70. The minimum Gasteiger partial charge on any atom is -0.309 e. The van der Waals surface area contributed by atoms with Crippen LogP contribution < -0.4 is 0 Å². The quantitative estimate of drug-likeness (QED) is 0.169. The lowest BCUT2D eigenvalue weighted by molar-refractivity contribution is 1.18. The molecule has 0 aliphatic heterocycles. The number of fused-ring (bicyclic) bond motifs is 6. The summed E-state index contributed by atoms with van der Waals surface area (Å²) >= 11 is 0. The normalized spacial score (nSPS) is 12.3. The fourth-order valence-corrected chi connectivity index (χ4v) is 5.88. The number of hydrogen-bond donors (Lipinski definition) is 0. The standard InChI is InChI=1S/C37H26N2/c1-3-12-28(13-4-2)38-34-18-10-8-16-30(34)32-24-26(20-22-36(32)38)27-21-23-37-33(25-27)31-17-9-11-19-35(31)39(37)29-14-6-5-7-15-29/h1,4-25H,2H3/b13-4-,28-12+. The van der Waals surface area contributed by atoms with Gasteiger partial charge in [-0.1, -0.05) is 78.7 Å². The molecule has 2 heterocycles. The Morgan fingerprint density at radius 1 is 0.615 bits per heavy atom. The first-order valence-electron chi connectivity index (χ1n) is 13.2. The second kappa shape index (κ2) is 9.24. The van der Waals surface area contributed by atoms with Gasteiger partial charge in [0, 0.05) is 33.3 Å². The number of terminal acetylenes is 1. The van der Waals surface area contributed by atoms with Crippen molar-refractivity contribution in [1.29, 1.82) is 0 Å². The average molecular weight is 499 g/mol. The summed E-state index contributed by atoms with van der Waals surface area (Å²) in [5.41, 5.74) is 9.25. The summed E-state index contributed by atoms with van der Waals surface area (Å²) in [6.07, 6.45) is 11.6. The molecule has 0 amide bonds. The topological polar surface area (TPSA) is 9.86 Å². The number of benzene rings is 5. The van der Waals surface area contributed by atoms with Crippen molar-refractivity contribution in [3.05, 3.63) is 133 Å². The summed E-state index contributed by atoms with van der Waals surface area (Å²) in [7, 11) is 0. The highest BCUT2D eigenvalue weighted by molar-refractivity contribution is 6.13. The largest absolute Gasteiger partial charge is 0.309 e. The van der Waals surface area contributed by atoms with Gasteiger partial charge in [0.2, 0.25) is 0 Å². The molecule has 0 saturated carbocycles. The molecule has 39 heavy (non-hydrogen) atoms. The van der Waals surface area contributed by atoms with Crippen molar-refractivity contribution in [2.75, 3.05) is 0 Å². The molecule has 0 bridgehead atoms.